The molecule has 0 saturated heterocycles. The molecular formula is C27H35ClF2O5. The van der Waals surface area contributed by atoms with Gasteiger partial charge < -0.3 is 9.84 Å². The average Bonchev–Trinajstić information content (AvgIpc) is 3.01. The third kappa shape index (κ3) is 3.58. The Kier molecular flexibility index (Phi) is 6.85. The number of hydrogen-bond donors (Lipinski definition) is 1. The van der Waals surface area contributed by atoms with Crippen molar-refractivity contribution in [1.29, 1.82) is 0 Å². The highest BCUT2D eigenvalue weighted by Gasteiger charge is 2.73. The lowest BCUT2D eigenvalue weighted by atomic mass is 9.45. The quantitative estimate of drug-likeness (QED) is 0.398. The van der Waals surface area contributed by atoms with E-state index < -0.39 is 63.9 Å². The van der Waals surface area contributed by atoms with Crippen molar-refractivity contribution in [2.75, 3.05) is 5.88 Å². The van der Waals surface area contributed by atoms with E-state index in [0.717, 1.165) is 12.5 Å². The second-order valence-electron chi connectivity index (χ2n) is 11.4. The summed E-state index contributed by atoms with van der Waals surface area (Å²) in [6, 6.07) is 0. The lowest BCUT2D eigenvalue weighted by Gasteiger charge is -2.60. The van der Waals surface area contributed by atoms with Crippen LogP contribution in [0.25, 0.3) is 0 Å². The Bertz CT molecular complexity index is 994. The van der Waals surface area contributed by atoms with Crippen LogP contribution in [0.4, 0.5) is 8.78 Å². The molecule has 35 heavy (non-hydrogen) atoms. The number of hydrogen-bond acceptors (Lipinski definition) is 5. The van der Waals surface area contributed by atoms with Crippen molar-refractivity contribution >= 4 is 29.1 Å². The number of aliphatic hydroxyl groups excluding tert-OH is 1. The lowest BCUT2D eigenvalue weighted by molar-refractivity contribution is -0.204. The zero-order valence-electron chi connectivity index (χ0n) is 20.8. The molecule has 194 valence electrons. The predicted octanol–water partition coefficient (Wildman–Crippen LogP) is 5.04. The first kappa shape index (κ1) is 26.5. The van der Waals surface area contributed by atoms with Crippen LogP contribution in [0.15, 0.2) is 23.6 Å². The highest BCUT2D eigenvalue weighted by molar-refractivity contribution is 6.29. The number of alkyl halides is 2. The van der Waals surface area contributed by atoms with Crippen molar-refractivity contribution in [2.45, 2.75) is 84.1 Å². The molecule has 8 heteroatoms. The van der Waals surface area contributed by atoms with E-state index in [9.17, 15) is 23.9 Å². The number of fused-ring (bicyclic) bond motifs is 5. The van der Waals surface area contributed by atoms with Gasteiger partial charge in [0.05, 0.1) is 12.0 Å². The average molecular weight is 513 g/mol. The summed E-state index contributed by atoms with van der Waals surface area (Å²) in [5.41, 5.74) is -3.84. The molecule has 0 bridgehead atoms. The van der Waals surface area contributed by atoms with Crippen molar-refractivity contribution in [3.63, 3.8) is 0 Å². The lowest BCUT2D eigenvalue weighted by Crippen LogP contribution is -2.64. The molecular weight excluding hydrogens is 478 g/mol. The minimum Gasteiger partial charge on any atom is -0.450 e. The number of ketones is 2. The zero-order valence-corrected chi connectivity index (χ0v) is 21.5. The molecule has 0 radical (unpaired) electrons. The Balaban J connectivity index is 1.80. The molecule has 9 atom stereocenters. The number of allylic oxidation sites excluding steroid dienone is 4. The fourth-order valence-electron chi connectivity index (χ4n) is 8.27. The van der Waals surface area contributed by atoms with Crippen molar-refractivity contribution in [2.24, 2.45) is 34.5 Å². The van der Waals surface area contributed by atoms with Gasteiger partial charge in [-0.1, -0.05) is 40.2 Å². The van der Waals surface area contributed by atoms with E-state index in [1.54, 1.807) is 6.92 Å². The van der Waals surface area contributed by atoms with Gasteiger partial charge in [0.25, 0.3) is 0 Å². The number of rotatable bonds is 6. The molecule has 3 saturated carbocycles. The largest absolute Gasteiger partial charge is 0.450 e. The van der Waals surface area contributed by atoms with Gasteiger partial charge in [0.1, 0.15) is 6.17 Å². The molecule has 0 aromatic heterocycles. The van der Waals surface area contributed by atoms with Gasteiger partial charge >= 0.3 is 5.97 Å². The van der Waals surface area contributed by atoms with Crippen molar-refractivity contribution in [3.8, 4) is 0 Å². The van der Waals surface area contributed by atoms with Gasteiger partial charge in [0, 0.05) is 34.7 Å². The summed E-state index contributed by atoms with van der Waals surface area (Å²) in [6.45, 7) is 7.33. The number of esters is 1. The van der Waals surface area contributed by atoms with Crippen LogP contribution in [0.2, 0.25) is 0 Å². The van der Waals surface area contributed by atoms with Crippen LogP contribution in [0.5, 0.6) is 0 Å². The highest BCUT2D eigenvalue weighted by atomic mass is 35.5. The van der Waals surface area contributed by atoms with E-state index in [1.807, 2.05) is 20.8 Å². The van der Waals surface area contributed by atoms with Gasteiger partial charge in [-0.15, -0.1) is 11.6 Å². The van der Waals surface area contributed by atoms with Crippen molar-refractivity contribution < 1.29 is 33.0 Å². The van der Waals surface area contributed by atoms with Crippen LogP contribution in [0.3, 0.4) is 0 Å². The molecule has 0 spiro atoms. The maximum absolute atomic E-state index is 15.6. The van der Waals surface area contributed by atoms with E-state index in [0.29, 0.717) is 12.8 Å². The smallest absolute Gasteiger partial charge is 0.306 e. The third-order valence-corrected chi connectivity index (χ3v) is 9.88. The molecule has 0 amide bonds. The molecule has 0 aliphatic heterocycles. The molecule has 3 fully saturated rings. The van der Waals surface area contributed by atoms with Crippen LogP contribution in [0.1, 0.15) is 66.2 Å². The van der Waals surface area contributed by atoms with Gasteiger partial charge in [-0.25, -0.2) is 8.78 Å². The number of ether oxygens (including phenoxy) is 1. The molecule has 4 rings (SSSR count). The Hall–Kier alpha value is -1.60. The molecule has 1 N–H and O–H groups in total. The summed E-state index contributed by atoms with van der Waals surface area (Å²) in [7, 11) is 0. The summed E-state index contributed by atoms with van der Waals surface area (Å²) >= 11 is 6.06. The normalized spacial score (nSPS) is 44.5. The van der Waals surface area contributed by atoms with Crippen LogP contribution < -0.4 is 0 Å². The number of aliphatic hydroxyl groups is 1. The maximum Gasteiger partial charge on any atom is 0.306 e. The summed E-state index contributed by atoms with van der Waals surface area (Å²) in [6.07, 6.45) is 2.08. The Morgan fingerprint density at radius 1 is 1.29 bits per heavy atom. The predicted molar refractivity (Wildman–Crippen MR) is 127 cm³/mol. The Labute approximate surface area is 210 Å². The van der Waals surface area contributed by atoms with E-state index in [1.165, 1.54) is 6.08 Å². The second kappa shape index (κ2) is 9.05. The number of carbonyl (C=O) groups excluding carboxylic acids is 3. The summed E-state index contributed by atoms with van der Waals surface area (Å²) in [5, 5.41) is 11.5. The SMILES string of the molecule is CCCCC(=O)O[C@@]1(C(=O)CCl)[C@H](C)C[C@H]2[C@@H]3C[C@H](F)C4=C(F)C(=O)C=C[C@]4(C)[C@H]3[C@@H](O)C[C@@]21C. The molecule has 5 nitrogen and oxygen atoms in total. The van der Waals surface area contributed by atoms with Gasteiger partial charge in [0.15, 0.2) is 17.2 Å². The van der Waals surface area contributed by atoms with E-state index in [2.05, 4.69) is 0 Å². The molecule has 0 aromatic carbocycles. The van der Waals surface area contributed by atoms with Gasteiger partial charge in [0.2, 0.25) is 5.78 Å². The summed E-state index contributed by atoms with van der Waals surface area (Å²) in [5.74, 6) is -4.73. The Morgan fingerprint density at radius 3 is 2.60 bits per heavy atom. The van der Waals surface area contributed by atoms with E-state index in [-0.39, 0.29) is 42.6 Å². The Morgan fingerprint density at radius 2 is 1.97 bits per heavy atom. The molecule has 0 unspecified atom stereocenters. The number of unbranched alkanes of at least 4 members (excludes halogenated alkanes) is 1. The molecule has 0 aromatic rings. The van der Waals surface area contributed by atoms with Crippen molar-refractivity contribution in [3.05, 3.63) is 23.6 Å². The fraction of sp³-hybridized carbons (Fsp3) is 0.741. The second-order valence-corrected chi connectivity index (χ2v) is 11.7. The number of halogens is 3. The minimum absolute atomic E-state index is 0.0664. The minimum atomic E-state index is -1.69. The van der Waals surface area contributed by atoms with Gasteiger partial charge in [-0.2, -0.15) is 0 Å². The van der Waals surface area contributed by atoms with Gasteiger partial charge in [-0.05, 0) is 43.6 Å². The highest BCUT2D eigenvalue weighted by Crippen LogP contribution is 2.69. The van der Waals surface area contributed by atoms with Crippen LogP contribution in [0, 0.1) is 34.5 Å². The first-order valence-electron chi connectivity index (χ1n) is 12.7. The van der Waals surface area contributed by atoms with Crippen LogP contribution in [-0.2, 0) is 19.1 Å². The molecule has 0 heterocycles. The third-order valence-electron chi connectivity index (χ3n) is 9.64. The van der Waals surface area contributed by atoms with E-state index in [4.69, 9.17) is 16.3 Å². The topological polar surface area (TPSA) is 80.7 Å². The summed E-state index contributed by atoms with van der Waals surface area (Å²) in [4.78, 5) is 38.3. The number of carbonyl (C=O) groups is 3. The van der Waals surface area contributed by atoms with Crippen molar-refractivity contribution in [1.82, 2.24) is 0 Å². The fourth-order valence-corrected chi connectivity index (χ4v) is 8.47. The molecule has 4 aliphatic rings. The van der Waals surface area contributed by atoms with E-state index >= 15 is 4.39 Å². The first-order chi connectivity index (χ1) is 16.4. The van der Waals surface area contributed by atoms with Crippen LogP contribution >= 0.6 is 11.6 Å². The number of Topliss-reactive ketones (excluding diaryl/α,β-unsaturated/α-hetero) is 1. The monoisotopic (exact) mass is 512 g/mol. The zero-order chi connectivity index (χ0) is 25.9. The maximum atomic E-state index is 15.6. The standard InChI is InChI=1S/C27H35ClF2O5/c1-5-6-7-21(34)35-27(20(33)13-28)14(2)10-16-15-11-17(29)23-24(30)18(31)8-9-25(23,3)22(15)19(32)12-26(16,27)4/h8-9,14-17,19,22,32H,5-7,10-13H2,1-4H3/t14-,15+,16+,17+,19+,22-,25-,26+,27-/m1/s1. The molecule has 4 aliphatic carbocycles. The van der Waals surface area contributed by atoms with Gasteiger partial charge in [-0.3, -0.25) is 14.4 Å². The van der Waals surface area contributed by atoms with Crippen LogP contribution in [-0.4, -0.2) is 46.4 Å². The first-order valence-corrected chi connectivity index (χ1v) is 13.2. The summed E-state index contributed by atoms with van der Waals surface area (Å²) < 4.78 is 36.5.